The largest absolute Gasteiger partial charge is 0.398 e. The van der Waals surface area contributed by atoms with Gasteiger partial charge in [-0.3, -0.25) is 4.79 Å². The van der Waals surface area contributed by atoms with Crippen LogP contribution in [0.1, 0.15) is 29.6 Å². The molecule has 0 amide bonds. The molecule has 2 nitrogen and oxygen atoms in total. The molecule has 0 heterocycles. The Hall–Kier alpha value is -0.830. The number of carbonyl (C=O) groups is 1. The Bertz CT molecular complexity index is 372. The Morgan fingerprint density at radius 2 is 2.21 bits per heavy atom. The number of hydrogen-bond donors (Lipinski definition) is 1. The van der Waals surface area contributed by atoms with Gasteiger partial charge < -0.3 is 5.73 Å². The molecule has 1 aromatic carbocycles. The fourth-order valence-electron chi connectivity index (χ4n) is 1.40. The van der Waals surface area contributed by atoms with E-state index in [0.717, 1.165) is 10.0 Å². The molecule has 74 valence electrons. The van der Waals surface area contributed by atoms with Gasteiger partial charge in [-0.1, -0.05) is 0 Å². The zero-order valence-electron chi connectivity index (χ0n) is 7.79. The van der Waals surface area contributed by atoms with Crippen molar-refractivity contribution < 1.29 is 4.79 Å². The molecule has 0 aromatic heterocycles. The maximum absolute atomic E-state index is 11.7. The summed E-state index contributed by atoms with van der Waals surface area (Å²) in [5, 5.41) is 0. The summed E-state index contributed by atoms with van der Waals surface area (Å²) in [5.41, 5.74) is 7.08. The summed E-state index contributed by atoms with van der Waals surface area (Å²) >= 11 is 3.32. The van der Waals surface area contributed by atoms with E-state index < -0.39 is 0 Å². The second-order valence-corrected chi connectivity index (χ2v) is 4.66. The first-order chi connectivity index (χ1) is 6.66. The van der Waals surface area contributed by atoms with Gasteiger partial charge >= 0.3 is 0 Å². The van der Waals surface area contributed by atoms with Crippen LogP contribution in [0.2, 0.25) is 0 Å². The highest BCUT2D eigenvalue weighted by atomic mass is 79.9. The Kier molecular flexibility index (Phi) is 2.59. The van der Waals surface area contributed by atoms with E-state index in [9.17, 15) is 4.79 Å². The lowest BCUT2D eigenvalue weighted by Gasteiger charge is -2.02. The van der Waals surface area contributed by atoms with Crippen LogP contribution in [0.3, 0.4) is 0 Å². The highest BCUT2D eigenvalue weighted by Crippen LogP contribution is 2.34. The molecule has 1 fully saturated rings. The maximum atomic E-state index is 11.7. The molecular formula is C11H12BrNO. The van der Waals surface area contributed by atoms with E-state index in [0.29, 0.717) is 18.0 Å². The Balaban J connectivity index is 2.14. The van der Waals surface area contributed by atoms with Crippen LogP contribution in [0, 0.1) is 5.92 Å². The lowest BCUT2D eigenvalue weighted by atomic mass is 10.1. The quantitative estimate of drug-likeness (QED) is 0.665. The number of anilines is 1. The van der Waals surface area contributed by atoms with Crippen LogP contribution in [0.4, 0.5) is 5.69 Å². The van der Waals surface area contributed by atoms with Gasteiger partial charge in [0.1, 0.15) is 0 Å². The molecular weight excluding hydrogens is 242 g/mol. The van der Waals surface area contributed by atoms with Crippen molar-refractivity contribution in [2.45, 2.75) is 19.3 Å². The van der Waals surface area contributed by atoms with Gasteiger partial charge in [-0.15, -0.1) is 0 Å². The number of nitrogen functional groups attached to an aromatic ring is 1. The van der Waals surface area contributed by atoms with E-state index in [1.807, 2.05) is 0 Å². The number of rotatable bonds is 3. The standard InChI is InChI=1S/C11H12BrNO/c12-9-6-8(3-4-10(9)13)11(14)5-7-1-2-7/h3-4,6-7H,1-2,5,13H2. The van der Waals surface area contributed by atoms with E-state index in [1.165, 1.54) is 12.8 Å². The second kappa shape index (κ2) is 3.73. The lowest BCUT2D eigenvalue weighted by Crippen LogP contribution is -2.00. The van der Waals surface area contributed by atoms with Gasteiger partial charge in [0, 0.05) is 22.1 Å². The fourth-order valence-corrected chi connectivity index (χ4v) is 1.78. The average Bonchev–Trinajstić information content (AvgIpc) is 2.93. The summed E-state index contributed by atoms with van der Waals surface area (Å²) in [5.74, 6) is 0.868. The first-order valence-corrected chi connectivity index (χ1v) is 5.54. The monoisotopic (exact) mass is 253 g/mol. The van der Waals surface area contributed by atoms with Gasteiger partial charge in [0.2, 0.25) is 0 Å². The van der Waals surface area contributed by atoms with Crippen LogP contribution in [0.25, 0.3) is 0 Å². The van der Waals surface area contributed by atoms with Crippen molar-refractivity contribution in [1.82, 2.24) is 0 Å². The summed E-state index contributed by atoms with van der Waals surface area (Å²) in [6.45, 7) is 0. The minimum atomic E-state index is 0.230. The van der Waals surface area contributed by atoms with Crippen molar-refractivity contribution in [3.63, 3.8) is 0 Å². The summed E-state index contributed by atoms with van der Waals surface area (Å²) < 4.78 is 0.805. The maximum Gasteiger partial charge on any atom is 0.163 e. The van der Waals surface area contributed by atoms with E-state index in [1.54, 1.807) is 18.2 Å². The number of halogens is 1. The average molecular weight is 254 g/mol. The topological polar surface area (TPSA) is 43.1 Å². The molecule has 0 spiro atoms. The van der Waals surface area contributed by atoms with Crippen LogP contribution in [-0.2, 0) is 0 Å². The number of ketones is 1. The zero-order valence-corrected chi connectivity index (χ0v) is 9.38. The van der Waals surface area contributed by atoms with Crippen molar-refractivity contribution in [2.75, 3.05) is 5.73 Å². The number of Topliss-reactive ketones (excluding diaryl/α,β-unsaturated/α-hetero) is 1. The molecule has 0 radical (unpaired) electrons. The predicted octanol–water partition coefficient (Wildman–Crippen LogP) is 3.01. The van der Waals surface area contributed by atoms with Crippen molar-refractivity contribution >= 4 is 27.4 Å². The molecule has 1 aliphatic carbocycles. The highest BCUT2D eigenvalue weighted by molar-refractivity contribution is 9.10. The van der Waals surface area contributed by atoms with Gasteiger partial charge in [0.25, 0.3) is 0 Å². The van der Waals surface area contributed by atoms with Gasteiger partial charge in [-0.05, 0) is 52.9 Å². The molecule has 0 saturated heterocycles. The fraction of sp³-hybridized carbons (Fsp3) is 0.364. The minimum Gasteiger partial charge on any atom is -0.398 e. The first-order valence-electron chi connectivity index (χ1n) is 4.75. The van der Waals surface area contributed by atoms with Crippen LogP contribution in [0.15, 0.2) is 22.7 Å². The smallest absolute Gasteiger partial charge is 0.163 e. The third-order valence-electron chi connectivity index (χ3n) is 2.49. The summed E-state index contributed by atoms with van der Waals surface area (Å²) in [6.07, 6.45) is 3.11. The van der Waals surface area contributed by atoms with E-state index >= 15 is 0 Å². The minimum absolute atomic E-state index is 0.230. The van der Waals surface area contributed by atoms with E-state index in [-0.39, 0.29) is 5.78 Å². The molecule has 3 heteroatoms. The van der Waals surface area contributed by atoms with Gasteiger partial charge in [0.15, 0.2) is 5.78 Å². The Labute approximate surface area is 91.6 Å². The molecule has 14 heavy (non-hydrogen) atoms. The van der Waals surface area contributed by atoms with E-state index in [4.69, 9.17) is 5.73 Å². The molecule has 2 N–H and O–H groups in total. The SMILES string of the molecule is Nc1ccc(C(=O)CC2CC2)cc1Br. The van der Waals surface area contributed by atoms with Crippen molar-refractivity contribution in [2.24, 2.45) is 5.92 Å². The summed E-state index contributed by atoms with van der Waals surface area (Å²) in [6, 6.07) is 5.37. The van der Waals surface area contributed by atoms with Gasteiger partial charge in [-0.2, -0.15) is 0 Å². The zero-order chi connectivity index (χ0) is 10.1. The molecule has 2 rings (SSSR count). The molecule has 1 saturated carbocycles. The predicted molar refractivity (Wildman–Crippen MR) is 60.2 cm³/mol. The summed E-state index contributed by atoms with van der Waals surface area (Å²) in [4.78, 5) is 11.7. The van der Waals surface area contributed by atoms with Crippen LogP contribution in [0.5, 0.6) is 0 Å². The van der Waals surface area contributed by atoms with Crippen LogP contribution in [-0.4, -0.2) is 5.78 Å². The highest BCUT2D eigenvalue weighted by Gasteiger charge is 2.24. The molecule has 1 aromatic rings. The Morgan fingerprint density at radius 3 is 2.79 bits per heavy atom. The number of carbonyl (C=O) groups excluding carboxylic acids is 1. The van der Waals surface area contributed by atoms with Crippen LogP contribution < -0.4 is 5.73 Å². The van der Waals surface area contributed by atoms with E-state index in [2.05, 4.69) is 15.9 Å². The van der Waals surface area contributed by atoms with Gasteiger partial charge in [-0.25, -0.2) is 0 Å². The molecule has 0 aliphatic heterocycles. The van der Waals surface area contributed by atoms with Gasteiger partial charge in [0.05, 0.1) is 0 Å². The third kappa shape index (κ3) is 2.15. The number of hydrogen-bond acceptors (Lipinski definition) is 2. The number of benzene rings is 1. The summed E-state index contributed by atoms with van der Waals surface area (Å²) in [7, 11) is 0. The lowest BCUT2D eigenvalue weighted by molar-refractivity contribution is 0.0976. The normalized spacial score (nSPS) is 15.5. The molecule has 0 bridgehead atoms. The van der Waals surface area contributed by atoms with Crippen molar-refractivity contribution in [1.29, 1.82) is 0 Å². The molecule has 0 atom stereocenters. The number of nitrogens with two attached hydrogens (primary N) is 1. The van der Waals surface area contributed by atoms with Crippen molar-refractivity contribution in [3.8, 4) is 0 Å². The first kappa shape index (κ1) is 9.71. The van der Waals surface area contributed by atoms with Crippen molar-refractivity contribution in [3.05, 3.63) is 28.2 Å². The third-order valence-corrected chi connectivity index (χ3v) is 3.18. The van der Waals surface area contributed by atoms with Crippen LogP contribution >= 0.6 is 15.9 Å². The Morgan fingerprint density at radius 1 is 1.50 bits per heavy atom. The molecule has 1 aliphatic rings. The molecule has 0 unspecified atom stereocenters. The second-order valence-electron chi connectivity index (χ2n) is 3.81.